The minimum Gasteiger partial charge on any atom is -0.381 e. The summed E-state index contributed by atoms with van der Waals surface area (Å²) < 4.78 is 7.17. The van der Waals surface area contributed by atoms with Crippen molar-refractivity contribution in [2.45, 2.75) is 45.3 Å². The zero-order valence-corrected chi connectivity index (χ0v) is 14.0. The van der Waals surface area contributed by atoms with Gasteiger partial charge in [-0.1, -0.05) is 13.8 Å². The van der Waals surface area contributed by atoms with Gasteiger partial charge >= 0.3 is 0 Å². The van der Waals surface area contributed by atoms with Gasteiger partial charge in [0.25, 0.3) is 0 Å². The lowest BCUT2D eigenvalue weighted by molar-refractivity contribution is -0.122. The molecule has 1 aromatic heterocycles. The van der Waals surface area contributed by atoms with Crippen LogP contribution in [-0.2, 0) is 16.1 Å². The molecule has 3 heterocycles. The van der Waals surface area contributed by atoms with E-state index in [1.54, 1.807) is 17.2 Å². The average Bonchev–Trinajstić information content (AvgIpc) is 3.18. The van der Waals surface area contributed by atoms with Gasteiger partial charge in [-0.2, -0.15) is 0 Å². The van der Waals surface area contributed by atoms with E-state index >= 15 is 0 Å². The molecule has 7 nitrogen and oxygen atoms in total. The highest BCUT2D eigenvalue weighted by atomic mass is 16.5. The van der Waals surface area contributed by atoms with Gasteiger partial charge in [0.2, 0.25) is 5.91 Å². The van der Waals surface area contributed by atoms with Crippen LogP contribution in [-0.4, -0.2) is 64.0 Å². The molecule has 2 atom stereocenters. The van der Waals surface area contributed by atoms with E-state index in [1.807, 2.05) is 0 Å². The standard InChI is InChI=1S/C16H27N5O2/c1-12(2)14-7-21(13-3-5-23-6-4-13)8-15(14)19-16(22)9-20-10-17-18-11-20/h10-15H,3-9H2,1-2H3,(H,19,22)/t14-,15+/m0/s1. The molecule has 0 bridgehead atoms. The van der Waals surface area contributed by atoms with Crippen molar-refractivity contribution in [2.24, 2.45) is 11.8 Å². The molecule has 0 aromatic carbocycles. The number of aromatic nitrogens is 3. The second kappa shape index (κ2) is 7.40. The lowest BCUT2D eigenvalue weighted by Crippen LogP contribution is -2.44. The number of nitrogens with zero attached hydrogens (tertiary/aromatic N) is 4. The monoisotopic (exact) mass is 321 g/mol. The highest BCUT2D eigenvalue weighted by Crippen LogP contribution is 2.28. The molecule has 0 aliphatic carbocycles. The van der Waals surface area contributed by atoms with Crippen molar-refractivity contribution in [2.75, 3.05) is 26.3 Å². The van der Waals surface area contributed by atoms with E-state index in [-0.39, 0.29) is 18.5 Å². The van der Waals surface area contributed by atoms with Crippen LogP contribution >= 0.6 is 0 Å². The molecule has 0 unspecified atom stereocenters. The maximum atomic E-state index is 12.3. The van der Waals surface area contributed by atoms with E-state index in [1.165, 1.54) is 0 Å². The highest BCUT2D eigenvalue weighted by molar-refractivity contribution is 5.76. The minimum absolute atomic E-state index is 0.0364. The summed E-state index contributed by atoms with van der Waals surface area (Å²) >= 11 is 0. The zero-order chi connectivity index (χ0) is 16.2. The van der Waals surface area contributed by atoms with Gasteiger partial charge in [-0.05, 0) is 24.7 Å². The fourth-order valence-corrected chi connectivity index (χ4v) is 3.76. The molecule has 0 spiro atoms. The smallest absolute Gasteiger partial charge is 0.240 e. The van der Waals surface area contributed by atoms with Gasteiger partial charge in [0.15, 0.2) is 0 Å². The molecular formula is C16H27N5O2. The van der Waals surface area contributed by atoms with E-state index < -0.39 is 0 Å². The first-order valence-corrected chi connectivity index (χ1v) is 8.57. The Hall–Kier alpha value is -1.47. The Kier molecular flexibility index (Phi) is 5.27. The molecule has 1 aromatic rings. The van der Waals surface area contributed by atoms with Crippen LogP contribution in [0.1, 0.15) is 26.7 Å². The van der Waals surface area contributed by atoms with Crippen LogP contribution in [0.25, 0.3) is 0 Å². The van der Waals surface area contributed by atoms with E-state index in [0.29, 0.717) is 17.9 Å². The number of rotatable bonds is 5. The maximum absolute atomic E-state index is 12.3. The molecule has 0 radical (unpaired) electrons. The quantitative estimate of drug-likeness (QED) is 0.856. The highest BCUT2D eigenvalue weighted by Gasteiger charge is 2.38. The first-order chi connectivity index (χ1) is 11.1. The molecule has 128 valence electrons. The molecule has 2 aliphatic heterocycles. The van der Waals surface area contributed by atoms with Crippen molar-refractivity contribution in [3.8, 4) is 0 Å². The summed E-state index contributed by atoms with van der Waals surface area (Å²) in [5.74, 6) is 1.09. The first-order valence-electron chi connectivity index (χ1n) is 8.57. The number of carbonyl (C=O) groups is 1. The lowest BCUT2D eigenvalue weighted by Gasteiger charge is -2.31. The Morgan fingerprint density at radius 1 is 1.26 bits per heavy atom. The van der Waals surface area contributed by atoms with E-state index in [0.717, 1.165) is 39.1 Å². The number of likely N-dealkylation sites (tertiary alicyclic amines) is 1. The van der Waals surface area contributed by atoms with Gasteiger partial charge in [0.05, 0.1) is 0 Å². The van der Waals surface area contributed by atoms with Gasteiger partial charge in [-0.15, -0.1) is 10.2 Å². The fourth-order valence-electron chi connectivity index (χ4n) is 3.76. The van der Waals surface area contributed by atoms with Crippen molar-refractivity contribution in [3.05, 3.63) is 12.7 Å². The van der Waals surface area contributed by atoms with Crippen LogP contribution in [0.5, 0.6) is 0 Å². The molecule has 2 aliphatic rings. The summed E-state index contributed by atoms with van der Waals surface area (Å²) in [6, 6.07) is 0.826. The third-order valence-electron chi connectivity index (χ3n) is 5.10. The summed E-state index contributed by atoms with van der Waals surface area (Å²) in [6.07, 6.45) is 5.35. The van der Waals surface area contributed by atoms with Crippen LogP contribution in [0.2, 0.25) is 0 Å². The molecule has 1 N–H and O–H groups in total. The predicted octanol–water partition coefficient (Wildman–Crippen LogP) is 0.530. The molecule has 2 saturated heterocycles. The second-order valence-corrected chi connectivity index (χ2v) is 7.01. The largest absolute Gasteiger partial charge is 0.381 e. The van der Waals surface area contributed by atoms with Gasteiger partial charge in [0, 0.05) is 38.4 Å². The Morgan fingerprint density at radius 2 is 1.96 bits per heavy atom. The number of amides is 1. The van der Waals surface area contributed by atoms with Crippen LogP contribution in [0.3, 0.4) is 0 Å². The molecule has 3 rings (SSSR count). The Balaban J connectivity index is 1.58. The summed E-state index contributed by atoms with van der Waals surface area (Å²) in [6.45, 7) is 8.51. The van der Waals surface area contributed by atoms with Crippen LogP contribution < -0.4 is 5.32 Å². The zero-order valence-electron chi connectivity index (χ0n) is 14.0. The van der Waals surface area contributed by atoms with E-state index in [2.05, 4.69) is 34.3 Å². The average molecular weight is 321 g/mol. The van der Waals surface area contributed by atoms with Crippen LogP contribution in [0.4, 0.5) is 0 Å². The third-order valence-corrected chi connectivity index (χ3v) is 5.10. The topological polar surface area (TPSA) is 72.3 Å². The van der Waals surface area contributed by atoms with E-state index in [9.17, 15) is 4.79 Å². The summed E-state index contributed by atoms with van der Waals surface area (Å²) in [5, 5.41) is 10.7. The van der Waals surface area contributed by atoms with Crippen molar-refractivity contribution in [3.63, 3.8) is 0 Å². The minimum atomic E-state index is 0.0364. The van der Waals surface area contributed by atoms with Gasteiger partial charge < -0.3 is 14.6 Å². The summed E-state index contributed by atoms with van der Waals surface area (Å²) in [7, 11) is 0. The van der Waals surface area contributed by atoms with E-state index in [4.69, 9.17) is 4.74 Å². The Labute approximate surface area is 137 Å². The number of ether oxygens (including phenoxy) is 1. The van der Waals surface area contributed by atoms with Gasteiger partial charge in [0.1, 0.15) is 19.2 Å². The van der Waals surface area contributed by atoms with Crippen molar-refractivity contribution >= 4 is 5.91 Å². The predicted molar refractivity (Wildman–Crippen MR) is 85.7 cm³/mol. The lowest BCUT2D eigenvalue weighted by atomic mass is 9.91. The second-order valence-electron chi connectivity index (χ2n) is 7.01. The third kappa shape index (κ3) is 4.09. The maximum Gasteiger partial charge on any atom is 0.240 e. The summed E-state index contributed by atoms with van der Waals surface area (Å²) in [4.78, 5) is 14.8. The SMILES string of the molecule is CC(C)[C@@H]1CN(C2CCOCC2)C[C@H]1NC(=O)Cn1cnnc1. The molecular weight excluding hydrogens is 294 g/mol. The van der Waals surface area contributed by atoms with Crippen LogP contribution in [0, 0.1) is 11.8 Å². The molecule has 23 heavy (non-hydrogen) atoms. The first kappa shape index (κ1) is 16.4. The van der Waals surface area contributed by atoms with Crippen molar-refractivity contribution in [1.82, 2.24) is 25.0 Å². The Morgan fingerprint density at radius 3 is 2.61 bits per heavy atom. The van der Waals surface area contributed by atoms with Gasteiger partial charge in [-0.3, -0.25) is 9.69 Å². The van der Waals surface area contributed by atoms with Gasteiger partial charge in [-0.25, -0.2) is 0 Å². The van der Waals surface area contributed by atoms with Crippen molar-refractivity contribution < 1.29 is 9.53 Å². The Bertz CT molecular complexity index is 499. The fraction of sp³-hybridized carbons (Fsp3) is 0.812. The van der Waals surface area contributed by atoms with Crippen LogP contribution in [0.15, 0.2) is 12.7 Å². The van der Waals surface area contributed by atoms with Crippen molar-refractivity contribution in [1.29, 1.82) is 0 Å². The molecule has 7 heteroatoms. The molecule has 1 amide bonds. The number of hydrogen-bond acceptors (Lipinski definition) is 5. The number of carbonyl (C=O) groups excluding carboxylic acids is 1. The normalized spacial score (nSPS) is 26.7. The number of nitrogens with one attached hydrogen (secondary N) is 1. The molecule has 2 fully saturated rings. The number of hydrogen-bond donors (Lipinski definition) is 1. The summed E-state index contributed by atoms with van der Waals surface area (Å²) in [5.41, 5.74) is 0. The molecule has 0 saturated carbocycles.